The molecule has 0 radical (unpaired) electrons. The van der Waals surface area contributed by atoms with Gasteiger partial charge >= 0.3 is 0 Å². The van der Waals surface area contributed by atoms with Crippen molar-refractivity contribution in [2.45, 2.75) is 45.8 Å². The predicted octanol–water partition coefficient (Wildman–Crippen LogP) is 4.28. The molecule has 1 amide bonds. The van der Waals surface area contributed by atoms with Crippen molar-refractivity contribution in [2.75, 3.05) is 10.6 Å². The summed E-state index contributed by atoms with van der Waals surface area (Å²) in [4.78, 5) is 36.1. The SMILES string of the molecule is CC(C)Oc1cc2[nH]c(=O)c([C@H](C)Nc3nccc(NC(=O)C4CC4)n3)cc2cc1Cl. The molecular formula is C22H24ClN5O3. The van der Waals surface area contributed by atoms with Crippen LogP contribution in [0.25, 0.3) is 10.9 Å². The maximum absolute atomic E-state index is 12.7. The van der Waals surface area contributed by atoms with Crippen LogP contribution in [0.4, 0.5) is 11.8 Å². The Balaban J connectivity index is 1.56. The second kappa shape index (κ2) is 8.55. The minimum absolute atomic E-state index is 0.0265. The minimum Gasteiger partial charge on any atom is -0.489 e. The van der Waals surface area contributed by atoms with E-state index in [0.717, 1.165) is 18.2 Å². The van der Waals surface area contributed by atoms with Gasteiger partial charge in [-0.2, -0.15) is 4.98 Å². The van der Waals surface area contributed by atoms with E-state index in [-0.39, 0.29) is 29.5 Å². The summed E-state index contributed by atoms with van der Waals surface area (Å²) in [6, 6.07) is 6.54. The molecule has 3 aromatic rings. The summed E-state index contributed by atoms with van der Waals surface area (Å²) in [5.74, 6) is 1.33. The lowest BCUT2D eigenvalue weighted by Crippen LogP contribution is -2.21. The standard InChI is InChI=1S/C22H24ClN5O3/c1-11(2)31-18-10-17-14(9-16(18)23)8-15(21(30)26-17)12(3)25-22-24-7-6-19(28-22)27-20(29)13-4-5-13/h6-13H,4-5H2,1-3H3,(H,26,30)(H2,24,25,27,28,29)/t12-/m0/s1. The fraction of sp³-hybridized carbons (Fsp3) is 0.364. The van der Waals surface area contributed by atoms with Crippen LogP contribution in [-0.4, -0.2) is 27.0 Å². The van der Waals surface area contributed by atoms with Gasteiger partial charge in [0, 0.05) is 29.1 Å². The summed E-state index contributed by atoms with van der Waals surface area (Å²) in [6.45, 7) is 5.66. The third-order valence-electron chi connectivity index (χ3n) is 4.96. The first-order valence-electron chi connectivity index (χ1n) is 10.2. The van der Waals surface area contributed by atoms with Crippen LogP contribution in [0.1, 0.15) is 45.2 Å². The van der Waals surface area contributed by atoms with E-state index in [0.29, 0.717) is 33.6 Å². The Morgan fingerprint density at radius 2 is 2.03 bits per heavy atom. The number of rotatable bonds is 7. The number of aromatic nitrogens is 3. The molecular weight excluding hydrogens is 418 g/mol. The number of aromatic amines is 1. The molecule has 2 aromatic heterocycles. The fourth-order valence-electron chi connectivity index (χ4n) is 3.23. The largest absolute Gasteiger partial charge is 0.489 e. The van der Waals surface area contributed by atoms with Gasteiger partial charge in [-0.05, 0) is 51.8 Å². The number of hydrogen-bond acceptors (Lipinski definition) is 6. The van der Waals surface area contributed by atoms with Crippen LogP contribution in [0, 0.1) is 5.92 Å². The number of carbonyl (C=O) groups is 1. The van der Waals surface area contributed by atoms with Gasteiger partial charge in [-0.1, -0.05) is 11.6 Å². The third kappa shape index (κ3) is 4.96. The second-order valence-electron chi connectivity index (χ2n) is 7.99. The van der Waals surface area contributed by atoms with E-state index in [2.05, 4.69) is 25.6 Å². The van der Waals surface area contributed by atoms with E-state index in [1.54, 1.807) is 30.5 Å². The Morgan fingerprint density at radius 1 is 1.26 bits per heavy atom. The lowest BCUT2D eigenvalue weighted by Gasteiger charge is -2.16. The molecule has 4 rings (SSSR count). The first-order valence-corrected chi connectivity index (χ1v) is 10.6. The molecule has 3 N–H and O–H groups in total. The number of halogens is 1. The first kappa shape index (κ1) is 21.1. The van der Waals surface area contributed by atoms with E-state index in [4.69, 9.17) is 16.3 Å². The number of anilines is 2. The van der Waals surface area contributed by atoms with Gasteiger partial charge in [0.25, 0.3) is 5.56 Å². The molecule has 1 fully saturated rings. The zero-order valence-corrected chi connectivity index (χ0v) is 18.3. The van der Waals surface area contributed by atoms with Crippen LogP contribution in [0.2, 0.25) is 5.02 Å². The lowest BCUT2D eigenvalue weighted by molar-refractivity contribution is -0.117. The molecule has 0 saturated heterocycles. The van der Waals surface area contributed by atoms with Gasteiger partial charge in [-0.15, -0.1) is 0 Å². The highest BCUT2D eigenvalue weighted by Gasteiger charge is 2.29. The number of fused-ring (bicyclic) bond motifs is 1. The summed E-state index contributed by atoms with van der Waals surface area (Å²) in [6.07, 6.45) is 3.36. The molecule has 1 aliphatic carbocycles. The van der Waals surface area contributed by atoms with E-state index in [9.17, 15) is 9.59 Å². The number of H-pyrrole nitrogens is 1. The predicted molar refractivity (Wildman–Crippen MR) is 121 cm³/mol. The maximum atomic E-state index is 12.7. The molecule has 8 nitrogen and oxygen atoms in total. The lowest BCUT2D eigenvalue weighted by atomic mass is 10.1. The topological polar surface area (TPSA) is 109 Å². The van der Waals surface area contributed by atoms with Gasteiger partial charge in [0.2, 0.25) is 11.9 Å². The summed E-state index contributed by atoms with van der Waals surface area (Å²) < 4.78 is 5.69. The maximum Gasteiger partial charge on any atom is 0.253 e. The minimum atomic E-state index is -0.382. The van der Waals surface area contributed by atoms with E-state index >= 15 is 0 Å². The summed E-state index contributed by atoms with van der Waals surface area (Å²) >= 11 is 6.35. The van der Waals surface area contributed by atoms with Crippen molar-refractivity contribution in [3.8, 4) is 5.75 Å². The quantitative estimate of drug-likeness (QED) is 0.505. The summed E-state index contributed by atoms with van der Waals surface area (Å²) in [7, 11) is 0. The molecule has 1 atom stereocenters. The van der Waals surface area contributed by atoms with Crippen LogP contribution in [0.15, 0.2) is 35.3 Å². The smallest absolute Gasteiger partial charge is 0.253 e. The van der Waals surface area contributed by atoms with E-state index in [1.165, 1.54) is 0 Å². The molecule has 1 aliphatic rings. The summed E-state index contributed by atoms with van der Waals surface area (Å²) in [5, 5.41) is 7.18. The van der Waals surface area contributed by atoms with Crippen molar-refractivity contribution in [1.29, 1.82) is 0 Å². The Hall–Kier alpha value is -3.13. The van der Waals surface area contributed by atoms with Gasteiger partial charge in [0.15, 0.2) is 0 Å². The van der Waals surface area contributed by atoms with E-state index < -0.39 is 0 Å². The number of pyridine rings is 1. The number of nitrogens with one attached hydrogen (secondary N) is 3. The molecule has 0 spiro atoms. The third-order valence-corrected chi connectivity index (χ3v) is 5.25. The van der Waals surface area contributed by atoms with Gasteiger partial charge in [0.1, 0.15) is 11.6 Å². The first-order chi connectivity index (χ1) is 14.8. The van der Waals surface area contributed by atoms with Crippen LogP contribution >= 0.6 is 11.6 Å². The Morgan fingerprint density at radius 3 is 2.74 bits per heavy atom. The summed E-state index contributed by atoms with van der Waals surface area (Å²) in [5.41, 5.74) is 0.919. The average molecular weight is 442 g/mol. The van der Waals surface area contributed by atoms with Crippen LogP contribution in [-0.2, 0) is 4.79 Å². The van der Waals surface area contributed by atoms with Crippen molar-refractivity contribution < 1.29 is 9.53 Å². The molecule has 1 saturated carbocycles. The fourth-order valence-corrected chi connectivity index (χ4v) is 3.45. The van der Waals surface area contributed by atoms with Crippen molar-refractivity contribution in [2.24, 2.45) is 5.92 Å². The molecule has 0 bridgehead atoms. The zero-order valence-electron chi connectivity index (χ0n) is 17.5. The number of benzene rings is 1. The number of amides is 1. The number of hydrogen-bond donors (Lipinski definition) is 3. The van der Waals surface area contributed by atoms with Gasteiger partial charge in [-0.25, -0.2) is 4.98 Å². The van der Waals surface area contributed by atoms with Crippen LogP contribution in [0.3, 0.4) is 0 Å². The molecule has 0 aliphatic heterocycles. The Kier molecular flexibility index (Phi) is 5.82. The molecule has 9 heteroatoms. The number of nitrogens with zero attached hydrogens (tertiary/aromatic N) is 2. The molecule has 1 aromatic carbocycles. The Bertz CT molecular complexity index is 1190. The van der Waals surface area contributed by atoms with Crippen molar-refractivity contribution in [1.82, 2.24) is 15.0 Å². The molecule has 2 heterocycles. The zero-order chi connectivity index (χ0) is 22.1. The highest BCUT2D eigenvalue weighted by molar-refractivity contribution is 6.32. The second-order valence-corrected chi connectivity index (χ2v) is 8.39. The van der Waals surface area contributed by atoms with Gasteiger partial charge in [-0.3, -0.25) is 9.59 Å². The number of carbonyl (C=O) groups excluding carboxylic acids is 1. The van der Waals surface area contributed by atoms with Crippen molar-refractivity contribution in [3.63, 3.8) is 0 Å². The van der Waals surface area contributed by atoms with Gasteiger partial charge in [0.05, 0.1) is 22.7 Å². The Labute approximate surface area is 184 Å². The van der Waals surface area contributed by atoms with Crippen LogP contribution in [0.5, 0.6) is 5.75 Å². The monoisotopic (exact) mass is 441 g/mol. The van der Waals surface area contributed by atoms with Crippen molar-refractivity contribution >= 4 is 40.2 Å². The van der Waals surface area contributed by atoms with Crippen molar-refractivity contribution in [3.05, 3.63) is 51.4 Å². The number of ether oxygens (including phenoxy) is 1. The van der Waals surface area contributed by atoms with Gasteiger partial charge < -0.3 is 20.4 Å². The average Bonchev–Trinajstić information content (AvgIpc) is 3.54. The highest BCUT2D eigenvalue weighted by Crippen LogP contribution is 2.31. The molecule has 0 unspecified atom stereocenters. The van der Waals surface area contributed by atoms with Crippen LogP contribution < -0.4 is 20.9 Å². The van der Waals surface area contributed by atoms with E-state index in [1.807, 2.05) is 20.8 Å². The molecule has 162 valence electrons. The molecule has 31 heavy (non-hydrogen) atoms. The normalized spacial score (nSPS) is 14.5. The highest BCUT2D eigenvalue weighted by atomic mass is 35.5.